The molecule has 1 rings (SSSR count). The van der Waals surface area contributed by atoms with Gasteiger partial charge in [0.15, 0.2) is 0 Å². The van der Waals surface area contributed by atoms with Crippen LogP contribution in [0.5, 0.6) is 5.75 Å². The SMILES string of the molecule is CCOc1ccc(NC(=O)[C@@H](N)C(C)C)c([N+](=O)[O-])c1. The summed E-state index contributed by atoms with van der Waals surface area (Å²) in [6, 6.07) is 3.56. The minimum Gasteiger partial charge on any atom is -0.494 e. The Balaban J connectivity index is 3.00. The van der Waals surface area contributed by atoms with Gasteiger partial charge in [-0.3, -0.25) is 14.9 Å². The molecule has 0 saturated heterocycles. The van der Waals surface area contributed by atoms with E-state index in [2.05, 4.69) is 5.32 Å². The van der Waals surface area contributed by atoms with Crippen molar-refractivity contribution >= 4 is 17.3 Å². The first-order valence-corrected chi connectivity index (χ1v) is 6.34. The number of carbonyl (C=O) groups is 1. The average molecular weight is 281 g/mol. The molecule has 0 fully saturated rings. The summed E-state index contributed by atoms with van der Waals surface area (Å²) in [7, 11) is 0. The minimum absolute atomic E-state index is 0.0586. The van der Waals surface area contributed by atoms with E-state index in [0.29, 0.717) is 12.4 Å². The molecule has 0 heterocycles. The number of nitrogens with two attached hydrogens (primary N) is 1. The molecule has 0 spiro atoms. The van der Waals surface area contributed by atoms with E-state index in [1.54, 1.807) is 26.8 Å². The van der Waals surface area contributed by atoms with Crippen LogP contribution in [-0.4, -0.2) is 23.5 Å². The number of nitro groups is 1. The van der Waals surface area contributed by atoms with Crippen molar-refractivity contribution in [3.63, 3.8) is 0 Å². The number of rotatable bonds is 6. The van der Waals surface area contributed by atoms with Crippen LogP contribution >= 0.6 is 0 Å². The van der Waals surface area contributed by atoms with E-state index >= 15 is 0 Å². The van der Waals surface area contributed by atoms with Crippen LogP contribution in [0.3, 0.4) is 0 Å². The van der Waals surface area contributed by atoms with Crippen LogP contribution < -0.4 is 15.8 Å². The van der Waals surface area contributed by atoms with E-state index in [4.69, 9.17) is 10.5 Å². The summed E-state index contributed by atoms with van der Waals surface area (Å²) >= 11 is 0. The third-order valence-electron chi connectivity index (χ3n) is 2.76. The number of anilines is 1. The van der Waals surface area contributed by atoms with Gasteiger partial charge in [-0.2, -0.15) is 0 Å². The fourth-order valence-electron chi connectivity index (χ4n) is 1.54. The predicted octanol–water partition coefficient (Wildman–Crippen LogP) is 1.92. The lowest BCUT2D eigenvalue weighted by atomic mass is 10.0. The number of hydrogen-bond donors (Lipinski definition) is 2. The van der Waals surface area contributed by atoms with Gasteiger partial charge in [-0.05, 0) is 25.0 Å². The Kier molecular flexibility index (Phi) is 5.45. The summed E-state index contributed by atoms with van der Waals surface area (Å²) in [5.74, 6) is -0.130. The fourth-order valence-corrected chi connectivity index (χ4v) is 1.54. The summed E-state index contributed by atoms with van der Waals surface area (Å²) in [5.41, 5.74) is 5.59. The van der Waals surface area contributed by atoms with Crippen LogP contribution in [0.4, 0.5) is 11.4 Å². The van der Waals surface area contributed by atoms with Gasteiger partial charge in [-0.25, -0.2) is 0 Å². The van der Waals surface area contributed by atoms with Crippen LogP contribution in [0.1, 0.15) is 20.8 Å². The van der Waals surface area contributed by atoms with Gasteiger partial charge in [0.05, 0.1) is 23.6 Å². The smallest absolute Gasteiger partial charge is 0.296 e. The first-order valence-electron chi connectivity index (χ1n) is 6.34. The van der Waals surface area contributed by atoms with Gasteiger partial charge >= 0.3 is 0 Å². The van der Waals surface area contributed by atoms with Crippen molar-refractivity contribution in [1.82, 2.24) is 0 Å². The zero-order valence-electron chi connectivity index (χ0n) is 11.8. The number of amides is 1. The molecule has 0 aliphatic rings. The molecule has 20 heavy (non-hydrogen) atoms. The molecule has 7 nitrogen and oxygen atoms in total. The molecule has 1 aromatic rings. The molecule has 3 N–H and O–H groups in total. The standard InChI is InChI=1S/C13H19N3O4/c1-4-20-9-5-6-10(11(7-9)16(18)19)15-13(17)12(14)8(2)3/h5-8,12H,4,14H2,1-3H3,(H,15,17)/t12-/m0/s1. The zero-order valence-corrected chi connectivity index (χ0v) is 11.8. The van der Waals surface area contributed by atoms with Crippen LogP contribution in [0.15, 0.2) is 18.2 Å². The minimum atomic E-state index is -0.721. The summed E-state index contributed by atoms with van der Waals surface area (Å²) in [5, 5.41) is 13.5. The molecule has 0 unspecified atom stereocenters. The monoisotopic (exact) mass is 281 g/mol. The van der Waals surface area contributed by atoms with E-state index in [1.165, 1.54) is 12.1 Å². The average Bonchev–Trinajstić information content (AvgIpc) is 2.39. The highest BCUT2D eigenvalue weighted by molar-refractivity contribution is 5.96. The van der Waals surface area contributed by atoms with Gasteiger partial charge in [0.2, 0.25) is 5.91 Å². The molecule has 0 radical (unpaired) electrons. The highest BCUT2D eigenvalue weighted by Gasteiger charge is 2.22. The molecule has 1 atom stereocenters. The van der Waals surface area contributed by atoms with Gasteiger partial charge in [0, 0.05) is 0 Å². The first kappa shape index (κ1) is 15.9. The first-order chi connectivity index (χ1) is 9.36. The van der Waals surface area contributed by atoms with Gasteiger partial charge in [0.25, 0.3) is 5.69 Å². The van der Waals surface area contributed by atoms with Crippen LogP contribution in [0.25, 0.3) is 0 Å². The second-order valence-corrected chi connectivity index (χ2v) is 4.63. The predicted molar refractivity (Wildman–Crippen MR) is 75.7 cm³/mol. The number of benzene rings is 1. The van der Waals surface area contributed by atoms with Crippen LogP contribution in [-0.2, 0) is 4.79 Å². The Bertz CT molecular complexity index is 502. The highest BCUT2D eigenvalue weighted by atomic mass is 16.6. The Morgan fingerprint density at radius 3 is 2.65 bits per heavy atom. The van der Waals surface area contributed by atoms with E-state index in [0.717, 1.165) is 0 Å². The maximum Gasteiger partial charge on any atom is 0.296 e. The maximum absolute atomic E-state index is 11.8. The molecule has 0 aromatic heterocycles. The third-order valence-corrected chi connectivity index (χ3v) is 2.76. The highest BCUT2D eigenvalue weighted by Crippen LogP contribution is 2.29. The van der Waals surface area contributed by atoms with E-state index in [1.807, 2.05) is 0 Å². The third kappa shape index (κ3) is 3.92. The quantitative estimate of drug-likeness (QED) is 0.611. The Labute approximate surface area is 117 Å². The summed E-state index contributed by atoms with van der Waals surface area (Å²) in [6.07, 6.45) is 0. The molecular weight excluding hydrogens is 262 g/mol. The van der Waals surface area contributed by atoms with Crippen molar-refractivity contribution in [2.24, 2.45) is 11.7 Å². The van der Waals surface area contributed by atoms with E-state index in [9.17, 15) is 14.9 Å². The zero-order chi connectivity index (χ0) is 15.3. The molecule has 110 valence electrons. The summed E-state index contributed by atoms with van der Waals surface area (Å²) in [6.45, 7) is 5.79. The van der Waals surface area contributed by atoms with Crippen molar-refractivity contribution in [2.45, 2.75) is 26.8 Å². The number of nitro benzene ring substituents is 1. The van der Waals surface area contributed by atoms with Crippen molar-refractivity contribution in [3.05, 3.63) is 28.3 Å². The summed E-state index contributed by atoms with van der Waals surface area (Å²) in [4.78, 5) is 22.3. The van der Waals surface area contributed by atoms with Crippen LogP contribution in [0.2, 0.25) is 0 Å². The molecule has 1 amide bonds. The van der Waals surface area contributed by atoms with Crippen LogP contribution in [0, 0.1) is 16.0 Å². The van der Waals surface area contributed by atoms with Crippen molar-refractivity contribution in [1.29, 1.82) is 0 Å². The Morgan fingerprint density at radius 1 is 1.50 bits per heavy atom. The Morgan fingerprint density at radius 2 is 2.15 bits per heavy atom. The molecule has 0 saturated carbocycles. The molecule has 1 aromatic carbocycles. The van der Waals surface area contributed by atoms with Gasteiger partial charge in [0.1, 0.15) is 11.4 Å². The van der Waals surface area contributed by atoms with Crippen molar-refractivity contribution in [2.75, 3.05) is 11.9 Å². The number of hydrogen-bond acceptors (Lipinski definition) is 5. The van der Waals surface area contributed by atoms with E-state index < -0.39 is 16.9 Å². The number of ether oxygens (including phenoxy) is 1. The molecular formula is C13H19N3O4. The van der Waals surface area contributed by atoms with Gasteiger partial charge < -0.3 is 15.8 Å². The molecule has 0 aliphatic heterocycles. The number of carbonyl (C=O) groups excluding carboxylic acids is 1. The normalized spacial score (nSPS) is 12.1. The largest absolute Gasteiger partial charge is 0.494 e. The lowest BCUT2D eigenvalue weighted by molar-refractivity contribution is -0.384. The summed E-state index contributed by atoms with van der Waals surface area (Å²) < 4.78 is 5.20. The van der Waals surface area contributed by atoms with E-state index in [-0.39, 0.29) is 17.3 Å². The molecule has 0 bridgehead atoms. The topological polar surface area (TPSA) is 107 Å². The van der Waals surface area contributed by atoms with Crippen molar-refractivity contribution in [3.8, 4) is 5.75 Å². The maximum atomic E-state index is 11.8. The van der Waals surface area contributed by atoms with Gasteiger partial charge in [-0.15, -0.1) is 0 Å². The number of nitrogens with zero attached hydrogens (tertiary/aromatic N) is 1. The number of nitrogens with one attached hydrogen (secondary N) is 1. The lowest BCUT2D eigenvalue weighted by Crippen LogP contribution is -2.39. The van der Waals surface area contributed by atoms with Crippen molar-refractivity contribution < 1.29 is 14.5 Å². The second kappa shape index (κ2) is 6.85. The molecule has 7 heteroatoms. The lowest BCUT2D eigenvalue weighted by Gasteiger charge is -2.15. The van der Waals surface area contributed by atoms with Gasteiger partial charge in [-0.1, -0.05) is 13.8 Å². The molecule has 0 aliphatic carbocycles. The fraction of sp³-hybridized carbons (Fsp3) is 0.462. The Hall–Kier alpha value is -2.15. The second-order valence-electron chi connectivity index (χ2n) is 4.63.